The number of hydrogen-bond donors (Lipinski definition) is 1. The minimum atomic E-state index is -0.564. The van der Waals surface area contributed by atoms with Gasteiger partial charge in [-0.2, -0.15) is 0 Å². The van der Waals surface area contributed by atoms with Crippen molar-refractivity contribution in [3.8, 4) is 0 Å². The maximum atomic E-state index is 12.2. The summed E-state index contributed by atoms with van der Waals surface area (Å²) in [6, 6.07) is 0. The van der Waals surface area contributed by atoms with Crippen LogP contribution >= 0.6 is 0 Å². The molecule has 50 heavy (non-hydrogen) atoms. The molecule has 0 aromatic heterocycles. The molecule has 1 atom stereocenters. The van der Waals surface area contributed by atoms with Crippen molar-refractivity contribution >= 4 is 5.97 Å². The van der Waals surface area contributed by atoms with E-state index in [0.717, 1.165) is 51.4 Å². The fourth-order valence-corrected chi connectivity index (χ4v) is 5.95. The molecule has 0 fully saturated rings. The number of ether oxygens (including phenoxy) is 2. The third kappa shape index (κ3) is 40.5. The lowest BCUT2D eigenvalue weighted by Crippen LogP contribution is -2.27. The van der Waals surface area contributed by atoms with Gasteiger partial charge in [-0.1, -0.05) is 203 Å². The normalized spacial score (nSPS) is 12.9. The SMILES string of the molecule is CC/C=C\C/C=C\C/C=C\C/C=C\C/C=C\CCCC(=O)OC(CO)COCCCCCCCCCCCCCCCCCCCCCCC. The molecule has 290 valence electrons. The van der Waals surface area contributed by atoms with E-state index in [0.29, 0.717) is 13.0 Å². The van der Waals surface area contributed by atoms with Crippen molar-refractivity contribution in [2.45, 2.75) is 206 Å². The Morgan fingerprint density at radius 3 is 1.28 bits per heavy atom. The molecule has 0 heterocycles. The molecule has 0 radical (unpaired) electrons. The summed E-state index contributed by atoms with van der Waals surface area (Å²) in [4.78, 5) is 12.2. The summed E-state index contributed by atoms with van der Waals surface area (Å²) in [6.45, 7) is 5.19. The average Bonchev–Trinajstić information content (AvgIpc) is 3.12. The van der Waals surface area contributed by atoms with Crippen molar-refractivity contribution in [2.24, 2.45) is 0 Å². The first-order valence-electron chi connectivity index (χ1n) is 21.4. The van der Waals surface area contributed by atoms with Crippen molar-refractivity contribution < 1.29 is 19.4 Å². The molecule has 0 aromatic carbocycles. The van der Waals surface area contributed by atoms with Crippen LogP contribution in [0.5, 0.6) is 0 Å². The Morgan fingerprint density at radius 2 is 0.880 bits per heavy atom. The van der Waals surface area contributed by atoms with E-state index in [1.807, 2.05) is 0 Å². The van der Waals surface area contributed by atoms with Crippen molar-refractivity contribution in [2.75, 3.05) is 19.8 Å². The topological polar surface area (TPSA) is 55.8 Å². The van der Waals surface area contributed by atoms with Crippen LogP contribution in [0.3, 0.4) is 0 Å². The Bertz CT molecular complexity index is 824. The fourth-order valence-electron chi connectivity index (χ4n) is 5.95. The van der Waals surface area contributed by atoms with Gasteiger partial charge in [-0.05, 0) is 51.4 Å². The van der Waals surface area contributed by atoms with Crippen molar-refractivity contribution in [3.63, 3.8) is 0 Å². The van der Waals surface area contributed by atoms with Crippen LogP contribution in [0.2, 0.25) is 0 Å². The van der Waals surface area contributed by atoms with Gasteiger partial charge in [0.25, 0.3) is 0 Å². The summed E-state index contributed by atoms with van der Waals surface area (Å²) in [5, 5.41) is 9.59. The van der Waals surface area contributed by atoms with E-state index in [9.17, 15) is 9.90 Å². The zero-order valence-corrected chi connectivity index (χ0v) is 33.2. The lowest BCUT2D eigenvalue weighted by Gasteiger charge is -2.15. The van der Waals surface area contributed by atoms with Crippen LogP contribution in [0.15, 0.2) is 60.8 Å². The van der Waals surface area contributed by atoms with Crippen molar-refractivity contribution in [3.05, 3.63) is 60.8 Å². The number of rotatable bonds is 39. The summed E-state index contributed by atoms with van der Waals surface area (Å²) in [5.74, 6) is -0.255. The molecule has 1 unspecified atom stereocenters. The number of aliphatic hydroxyl groups excluding tert-OH is 1. The Kier molecular flexibility index (Phi) is 41.6. The summed E-state index contributed by atoms with van der Waals surface area (Å²) in [6.07, 6.45) is 57.2. The molecular formula is C46H82O4. The van der Waals surface area contributed by atoms with Crippen LogP contribution in [0.4, 0.5) is 0 Å². The van der Waals surface area contributed by atoms with E-state index in [1.165, 1.54) is 128 Å². The number of carbonyl (C=O) groups excluding carboxylic acids is 1. The van der Waals surface area contributed by atoms with E-state index in [-0.39, 0.29) is 19.2 Å². The van der Waals surface area contributed by atoms with Crippen LogP contribution in [-0.2, 0) is 14.3 Å². The van der Waals surface area contributed by atoms with Gasteiger partial charge in [0.1, 0.15) is 6.10 Å². The van der Waals surface area contributed by atoms with Crippen LogP contribution in [0.1, 0.15) is 200 Å². The Hall–Kier alpha value is -1.91. The molecule has 4 heteroatoms. The largest absolute Gasteiger partial charge is 0.457 e. The summed E-state index contributed by atoms with van der Waals surface area (Å²) < 4.78 is 11.1. The number of hydrogen-bond acceptors (Lipinski definition) is 4. The second kappa shape index (κ2) is 43.3. The summed E-state index contributed by atoms with van der Waals surface area (Å²) in [7, 11) is 0. The van der Waals surface area contributed by atoms with Gasteiger partial charge in [-0.25, -0.2) is 0 Å². The Morgan fingerprint density at radius 1 is 0.500 bits per heavy atom. The van der Waals surface area contributed by atoms with Gasteiger partial charge in [-0.3, -0.25) is 4.79 Å². The smallest absolute Gasteiger partial charge is 0.306 e. The minimum absolute atomic E-state index is 0.195. The molecule has 4 nitrogen and oxygen atoms in total. The number of allylic oxidation sites excluding steroid dienone is 10. The fraction of sp³-hybridized carbons (Fsp3) is 0.761. The molecule has 0 bridgehead atoms. The average molecular weight is 699 g/mol. The van der Waals surface area contributed by atoms with Gasteiger partial charge in [0.15, 0.2) is 0 Å². The first-order valence-corrected chi connectivity index (χ1v) is 21.4. The van der Waals surface area contributed by atoms with Crippen LogP contribution in [0.25, 0.3) is 0 Å². The summed E-state index contributed by atoms with van der Waals surface area (Å²) in [5.41, 5.74) is 0. The van der Waals surface area contributed by atoms with Gasteiger partial charge in [0, 0.05) is 13.0 Å². The maximum Gasteiger partial charge on any atom is 0.306 e. The highest BCUT2D eigenvalue weighted by molar-refractivity contribution is 5.69. The van der Waals surface area contributed by atoms with E-state index in [4.69, 9.17) is 9.47 Å². The second-order valence-corrected chi connectivity index (χ2v) is 14.0. The Labute approximate surface area is 311 Å². The molecule has 0 aromatic rings. The van der Waals surface area contributed by atoms with Crippen LogP contribution in [0, 0.1) is 0 Å². The first-order chi connectivity index (χ1) is 24.7. The highest BCUT2D eigenvalue weighted by Gasteiger charge is 2.13. The molecule has 0 aliphatic carbocycles. The number of esters is 1. The number of aliphatic hydroxyl groups is 1. The number of unbranched alkanes of at least 4 members (excludes halogenated alkanes) is 21. The molecule has 0 rings (SSSR count). The van der Waals surface area contributed by atoms with Crippen molar-refractivity contribution in [1.29, 1.82) is 0 Å². The quantitative estimate of drug-likeness (QED) is 0.0394. The monoisotopic (exact) mass is 699 g/mol. The molecular weight excluding hydrogens is 617 g/mol. The molecule has 0 saturated carbocycles. The predicted molar refractivity (Wildman–Crippen MR) is 219 cm³/mol. The standard InChI is InChI=1S/C46H82O4/c1-3-5-7-9-11-13-15-17-19-21-22-23-24-26-28-30-32-34-36-38-40-42-49-44-45(43-47)50-46(48)41-39-37-35-33-31-29-27-25-20-18-16-14-12-10-8-6-4-2/h6,8,12,14,18,20,27,29,33,35,45,47H,3-5,7,9-11,13,15-17,19,21-26,28,30-32,34,36-44H2,1-2H3/b8-6-,14-12-,20-18-,29-27-,35-33-. The zero-order valence-electron chi connectivity index (χ0n) is 33.2. The maximum absolute atomic E-state index is 12.2. The van der Waals surface area contributed by atoms with E-state index in [1.54, 1.807) is 0 Å². The zero-order chi connectivity index (χ0) is 36.3. The van der Waals surface area contributed by atoms with Gasteiger partial charge in [-0.15, -0.1) is 0 Å². The van der Waals surface area contributed by atoms with E-state index < -0.39 is 6.10 Å². The van der Waals surface area contributed by atoms with Crippen LogP contribution < -0.4 is 0 Å². The lowest BCUT2D eigenvalue weighted by atomic mass is 10.0. The molecule has 0 saturated heterocycles. The summed E-state index contributed by atoms with van der Waals surface area (Å²) >= 11 is 0. The highest BCUT2D eigenvalue weighted by Crippen LogP contribution is 2.15. The van der Waals surface area contributed by atoms with Gasteiger partial charge < -0.3 is 14.6 Å². The van der Waals surface area contributed by atoms with Crippen LogP contribution in [-0.4, -0.2) is 37.0 Å². The number of carbonyl (C=O) groups is 1. The molecule has 0 amide bonds. The van der Waals surface area contributed by atoms with Gasteiger partial charge in [0.05, 0.1) is 13.2 Å². The van der Waals surface area contributed by atoms with Gasteiger partial charge >= 0.3 is 5.97 Å². The van der Waals surface area contributed by atoms with Crippen molar-refractivity contribution in [1.82, 2.24) is 0 Å². The first kappa shape index (κ1) is 48.1. The highest BCUT2D eigenvalue weighted by atomic mass is 16.6. The van der Waals surface area contributed by atoms with E-state index in [2.05, 4.69) is 74.6 Å². The third-order valence-electron chi connectivity index (χ3n) is 9.11. The third-order valence-corrected chi connectivity index (χ3v) is 9.11. The Balaban J connectivity index is 3.48. The molecule has 0 spiro atoms. The van der Waals surface area contributed by atoms with E-state index >= 15 is 0 Å². The van der Waals surface area contributed by atoms with Gasteiger partial charge in [0.2, 0.25) is 0 Å². The predicted octanol–water partition coefficient (Wildman–Crippen LogP) is 14.0. The molecule has 1 N–H and O–H groups in total. The molecule has 0 aliphatic heterocycles. The lowest BCUT2D eigenvalue weighted by molar-refractivity contribution is -0.154. The molecule has 0 aliphatic rings. The second-order valence-electron chi connectivity index (χ2n) is 14.0. The minimum Gasteiger partial charge on any atom is -0.457 e.